The van der Waals surface area contributed by atoms with Crippen molar-refractivity contribution >= 4 is 23.2 Å². The predicted molar refractivity (Wildman–Crippen MR) is 130 cm³/mol. The predicted octanol–water partition coefficient (Wildman–Crippen LogP) is 6.23. The molecule has 0 bridgehead atoms. The molecule has 0 atom stereocenters. The largest absolute Gasteiger partial charge is 0.494 e. The maximum atomic E-state index is 12.9. The number of nitrogens with one attached hydrogen (secondary N) is 2. The summed E-state index contributed by atoms with van der Waals surface area (Å²) in [6.45, 7) is 8.90. The number of amides is 2. The SMILES string of the molecule is Cc1ccc(NC(=O)c2ccccc2NC(=O)c2cccc(OCCC(C)C)c2)cc1C. The van der Waals surface area contributed by atoms with Crippen LogP contribution in [0.5, 0.6) is 5.75 Å². The van der Waals surface area contributed by atoms with Gasteiger partial charge in [-0.2, -0.15) is 0 Å². The average molecular weight is 431 g/mol. The van der Waals surface area contributed by atoms with E-state index in [0.717, 1.165) is 17.5 Å². The number of hydrogen-bond acceptors (Lipinski definition) is 3. The molecule has 3 aromatic rings. The van der Waals surface area contributed by atoms with Gasteiger partial charge in [0.25, 0.3) is 11.8 Å². The fourth-order valence-corrected chi connectivity index (χ4v) is 3.14. The van der Waals surface area contributed by atoms with Crippen molar-refractivity contribution in [3.63, 3.8) is 0 Å². The van der Waals surface area contributed by atoms with E-state index in [1.165, 1.54) is 0 Å². The highest BCUT2D eigenvalue weighted by Crippen LogP contribution is 2.21. The monoisotopic (exact) mass is 430 g/mol. The number of carbonyl (C=O) groups excluding carboxylic acids is 2. The summed E-state index contributed by atoms with van der Waals surface area (Å²) in [7, 11) is 0. The van der Waals surface area contributed by atoms with Gasteiger partial charge in [0.2, 0.25) is 0 Å². The molecule has 5 heteroatoms. The molecule has 2 amide bonds. The number of aryl methyl sites for hydroxylation is 2. The lowest BCUT2D eigenvalue weighted by atomic mass is 10.1. The lowest BCUT2D eigenvalue weighted by molar-refractivity contribution is 0.102. The van der Waals surface area contributed by atoms with Crippen molar-refractivity contribution in [2.75, 3.05) is 17.2 Å². The minimum atomic E-state index is -0.300. The standard InChI is InChI=1S/C27H30N2O3/c1-18(2)14-15-32-23-9-7-8-21(17-23)26(30)29-25-11-6-5-10-24(25)27(31)28-22-13-12-19(3)20(4)16-22/h5-13,16-18H,14-15H2,1-4H3,(H,28,31)(H,29,30). The highest BCUT2D eigenvalue weighted by atomic mass is 16.5. The molecule has 0 saturated heterocycles. The van der Waals surface area contributed by atoms with Crippen molar-refractivity contribution in [3.8, 4) is 5.75 Å². The zero-order valence-corrected chi connectivity index (χ0v) is 19.1. The molecule has 3 rings (SSSR count). The molecule has 0 aliphatic carbocycles. The Kier molecular flexibility index (Phi) is 7.66. The molecule has 0 unspecified atom stereocenters. The number of para-hydroxylation sites is 1. The van der Waals surface area contributed by atoms with E-state index < -0.39 is 0 Å². The molecule has 3 aromatic carbocycles. The maximum absolute atomic E-state index is 12.9. The number of carbonyl (C=O) groups is 2. The Hall–Kier alpha value is -3.60. The van der Waals surface area contributed by atoms with Crippen LogP contribution in [-0.4, -0.2) is 18.4 Å². The summed E-state index contributed by atoms with van der Waals surface area (Å²) in [6, 6.07) is 19.8. The van der Waals surface area contributed by atoms with Crippen LogP contribution < -0.4 is 15.4 Å². The van der Waals surface area contributed by atoms with Crippen LogP contribution in [0.1, 0.15) is 52.1 Å². The highest BCUT2D eigenvalue weighted by molar-refractivity contribution is 6.12. The second-order valence-corrected chi connectivity index (χ2v) is 8.31. The number of hydrogen-bond donors (Lipinski definition) is 2. The normalized spacial score (nSPS) is 10.7. The third kappa shape index (κ3) is 6.20. The first-order chi connectivity index (χ1) is 15.3. The molecule has 0 heterocycles. The topological polar surface area (TPSA) is 67.4 Å². The molecule has 0 spiro atoms. The van der Waals surface area contributed by atoms with Crippen LogP contribution in [0.25, 0.3) is 0 Å². The van der Waals surface area contributed by atoms with Crippen molar-refractivity contribution in [2.24, 2.45) is 5.92 Å². The zero-order valence-electron chi connectivity index (χ0n) is 19.1. The molecular weight excluding hydrogens is 400 g/mol. The van der Waals surface area contributed by atoms with Gasteiger partial charge in [-0.25, -0.2) is 0 Å². The molecule has 166 valence electrons. The molecule has 0 aliphatic heterocycles. The molecular formula is C27H30N2O3. The van der Waals surface area contributed by atoms with E-state index in [4.69, 9.17) is 4.74 Å². The third-order valence-corrected chi connectivity index (χ3v) is 5.24. The quantitative estimate of drug-likeness (QED) is 0.445. The van der Waals surface area contributed by atoms with Gasteiger partial charge in [-0.05, 0) is 79.8 Å². The average Bonchev–Trinajstić information content (AvgIpc) is 2.76. The van der Waals surface area contributed by atoms with Crippen LogP contribution in [0, 0.1) is 19.8 Å². The Bertz CT molecular complexity index is 1110. The summed E-state index contributed by atoms with van der Waals surface area (Å²) in [5.74, 6) is 0.618. The fourth-order valence-electron chi connectivity index (χ4n) is 3.14. The van der Waals surface area contributed by atoms with E-state index in [9.17, 15) is 9.59 Å². The second kappa shape index (κ2) is 10.6. The smallest absolute Gasteiger partial charge is 0.257 e. The summed E-state index contributed by atoms with van der Waals surface area (Å²) in [5.41, 5.74) is 4.28. The Morgan fingerprint density at radius 1 is 0.844 bits per heavy atom. The van der Waals surface area contributed by atoms with E-state index in [1.807, 2.05) is 38.1 Å². The Balaban J connectivity index is 1.72. The summed E-state index contributed by atoms with van der Waals surface area (Å²) in [4.78, 5) is 25.8. The van der Waals surface area contributed by atoms with Crippen LogP contribution in [-0.2, 0) is 0 Å². The van der Waals surface area contributed by atoms with Gasteiger partial charge in [-0.1, -0.05) is 38.1 Å². The number of anilines is 2. The van der Waals surface area contributed by atoms with Gasteiger partial charge < -0.3 is 15.4 Å². The van der Waals surface area contributed by atoms with Gasteiger partial charge in [0.1, 0.15) is 5.75 Å². The second-order valence-electron chi connectivity index (χ2n) is 8.31. The lowest BCUT2D eigenvalue weighted by Crippen LogP contribution is -2.18. The van der Waals surface area contributed by atoms with Gasteiger partial charge >= 0.3 is 0 Å². The van der Waals surface area contributed by atoms with Crippen LogP contribution in [0.3, 0.4) is 0 Å². The van der Waals surface area contributed by atoms with Crippen LogP contribution in [0.2, 0.25) is 0 Å². The van der Waals surface area contributed by atoms with E-state index in [-0.39, 0.29) is 11.8 Å². The van der Waals surface area contributed by atoms with E-state index >= 15 is 0 Å². The van der Waals surface area contributed by atoms with Gasteiger partial charge in [-0.15, -0.1) is 0 Å². The summed E-state index contributed by atoms with van der Waals surface area (Å²) < 4.78 is 5.76. The van der Waals surface area contributed by atoms with E-state index in [0.29, 0.717) is 40.8 Å². The van der Waals surface area contributed by atoms with Crippen LogP contribution >= 0.6 is 0 Å². The minimum absolute atomic E-state index is 0.282. The fraction of sp³-hybridized carbons (Fsp3) is 0.259. The highest BCUT2D eigenvalue weighted by Gasteiger charge is 2.15. The first-order valence-electron chi connectivity index (χ1n) is 10.9. The van der Waals surface area contributed by atoms with Crippen molar-refractivity contribution in [1.82, 2.24) is 0 Å². The van der Waals surface area contributed by atoms with Crippen molar-refractivity contribution in [1.29, 1.82) is 0 Å². The van der Waals surface area contributed by atoms with Crippen LogP contribution in [0.4, 0.5) is 11.4 Å². The zero-order chi connectivity index (χ0) is 23.1. The Labute approximate surface area is 189 Å². The van der Waals surface area contributed by atoms with Gasteiger partial charge in [0.15, 0.2) is 0 Å². The molecule has 0 saturated carbocycles. The lowest BCUT2D eigenvalue weighted by Gasteiger charge is -2.13. The number of benzene rings is 3. The van der Waals surface area contributed by atoms with Crippen molar-refractivity contribution in [2.45, 2.75) is 34.1 Å². The molecule has 32 heavy (non-hydrogen) atoms. The maximum Gasteiger partial charge on any atom is 0.257 e. The first kappa shape index (κ1) is 23.1. The van der Waals surface area contributed by atoms with Crippen LogP contribution in [0.15, 0.2) is 66.7 Å². The van der Waals surface area contributed by atoms with Gasteiger partial charge in [-0.3, -0.25) is 9.59 Å². The molecule has 0 fully saturated rings. The van der Waals surface area contributed by atoms with Crippen molar-refractivity contribution in [3.05, 3.63) is 89.0 Å². The Morgan fingerprint density at radius 2 is 1.62 bits per heavy atom. The van der Waals surface area contributed by atoms with E-state index in [2.05, 4.69) is 24.5 Å². The summed E-state index contributed by atoms with van der Waals surface area (Å²) in [6.07, 6.45) is 0.944. The molecule has 5 nitrogen and oxygen atoms in total. The summed E-state index contributed by atoms with van der Waals surface area (Å²) in [5, 5.41) is 5.77. The van der Waals surface area contributed by atoms with E-state index in [1.54, 1.807) is 42.5 Å². The number of rotatable bonds is 8. The third-order valence-electron chi connectivity index (χ3n) is 5.24. The molecule has 0 aromatic heterocycles. The first-order valence-corrected chi connectivity index (χ1v) is 10.9. The van der Waals surface area contributed by atoms with Crippen molar-refractivity contribution < 1.29 is 14.3 Å². The Morgan fingerprint density at radius 3 is 2.38 bits per heavy atom. The number of ether oxygens (including phenoxy) is 1. The minimum Gasteiger partial charge on any atom is -0.494 e. The molecule has 2 N–H and O–H groups in total. The molecule has 0 radical (unpaired) electrons. The summed E-state index contributed by atoms with van der Waals surface area (Å²) >= 11 is 0. The molecule has 0 aliphatic rings. The van der Waals surface area contributed by atoms with Gasteiger partial charge in [0.05, 0.1) is 17.9 Å². The van der Waals surface area contributed by atoms with Gasteiger partial charge in [0, 0.05) is 11.3 Å².